The van der Waals surface area contributed by atoms with E-state index in [1.807, 2.05) is 13.8 Å². The van der Waals surface area contributed by atoms with Crippen LogP contribution >= 0.6 is 11.3 Å². The maximum absolute atomic E-state index is 11.4. The van der Waals surface area contributed by atoms with Gasteiger partial charge in [0.15, 0.2) is 11.5 Å². The van der Waals surface area contributed by atoms with Crippen LogP contribution in [0.15, 0.2) is 0 Å². The van der Waals surface area contributed by atoms with Gasteiger partial charge in [-0.2, -0.15) is 0 Å². The molecule has 0 aliphatic carbocycles. The molecule has 0 spiro atoms. The molecule has 5 nitrogen and oxygen atoms in total. The molecule has 0 amide bonds. The fourth-order valence-corrected chi connectivity index (χ4v) is 3.09. The first-order valence-electron chi connectivity index (χ1n) is 5.72. The minimum absolute atomic E-state index is 0.175. The Hall–Kier alpha value is -1.27. The number of carboxylic acid groups (broad SMARTS) is 1. The maximum atomic E-state index is 11.4. The van der Waals surface area contributed by atoms with Crippen LogP contribution in [0.2, 0.25) is 0 Å². The van der Waals surface area contributed by atoms with Gasteiger partial charge in [-0.3, -0.25) is 4.79 Å². The lowest BCUT2D eigenvalue weighted by Crippen LogP contribution is -2.26. The van der Waals surface area contributed by atoms with Gasteiger partial charge in [-0.1, -0.05) is 13.8 Å². The first-order valence-corrected chi connectivity index (χ1v) is 6.54. The normalized spacial score (nSPS) is 11.6. The van der Waals surface area contributed by atoms with E-state index >= 15 is 0 Å². The molecule has 0 fully saturated rings. The lowest BCUT2D eigenvalue weighted by Gasteiger charge is -2.27. The Bertz CT molecular complexity index is 423. The highest BCUT2D eigenvalue weighted by Gasteiger charge is 2.34. The molecule has 100 valence electrons. The summed E-state index contributed by atoms with van der Waals surface area (Å²) in [6.07, 6.45) is 1.34. The Kier molecular flexibility index (Phi) is 4.59. The molecule has 0 aromatic carbocycles. The van der Waals surface area contributed by atoms with Gasteiger partial charge in [0.1, 0.15) is 15.5 Å². The zero-order valence-corrected chi connectivity index (χ0v) is 11.8. The number of thiazole rings is 1. The van der Waals surface area contributed by atoms with Crippen LogP contribution in [-0.4, -0.2) is 29.0 Å². The molecule has 0 aliphatic rings. The van der Waals surface area contributed by atoms with Crippen LogP contribution < -0.4 is 0 Å². The first-order chi connectivity index (χ1) is 8.41. The van der Waals surface area contributed by atoms with Crippen LogP contribution in [0.5, 0.6) is 0 Å². The van der Waals surface area contributed by atoms with Crippen molar-refractivity contribution in [1.29, 1.82) is 0 Å². The summed E-state index contributed by atoms with van der Waals surface area (Å²) in [7, 11) is 1.57. The van der Waals surface area contributed by atoms with Gasteiger partial charge in [-0.25, -0.2) is 9.78 Å². The third-order valence-electron chi connectivity index (χ3n) is 3.07. The summed E-state index contributed by atoms with van der Waals surface area (Å²) in [4.78, 5) is 26.8. The van der Waals surface area contributed by atoms with Crippen molar-refractivity contribution in [3.05, 3.63) is 15.6 Å². The van der Waals surface area contributed by atoms with Crippen molar-refractivity contribution in [2.75, 3.05) is 7.11 Å². The largest absolute Gasteiger partial charge is 0.476 e. The minimum Gasteiger partial charge on any atom is -0.476 e. The highest BCUT2D eigenvalue weighted by Crippen LogP contribution is 2.36. The molecule has 1 N–H and O–H groups in total. The number of hydrogen-bond donors (Lipinski definition) is 1. The van der Waals surface area contributed by atoms with Crippen molar-refractivity contribution < 1.29 is 19.4 Å². The van der Waals surface area contributed by atoms with Crippen LogP contribution in [0.4, 0.5) is 0 Å². The van der Waals surface area contributed by atoms with Gasteiger partial charge >= 0.3 is 5.97 Å². The minimum atomic E-state index is -1.18. The lowest BCUT2D eigenvalue weighted by atomic mass is 9.98. The zero-order chi connectivity index (χ0) is 13.9. The predicted octanol–water partition coefficient (Wildman–Crippen LogP) is 2.71. The Labute approximate surface area is 110 Å². The monoisotopic (exact) mass is 271 g/mol. The van der Waals surface area contributed by atoms with Crippen molar-refractivity contribution in [2.24, 2.45) is 0 Å². The van der Waals surface area contributed by atoms with Gasteiger partial charge < -0.3 is 9.84 Å². The summed E-state index contributed by atoms with van der Waals surface area (Å²) in [5.41, 5.74) is -0.784. The molecule has 18 heavy (non-hydrogen) atoms. The average molecular weight is 271 g/mol. The van der Waals surface area contributed by atoms with E-state index in [0.717, 1.165) is 11.3 Å². The lowest BCUT2D eigenvalue weighted by molar-refractivity contribution is -0.0219. The standard InChI is InChI=1S/C12H17NO4S/c1-5-12(6-2,17-4)11-13-8(10(15)16)9(18-11)7(3)14/h5-6H2,1-4H3,(H,15,16). The Balaban J connectivity index is 3.39. The third kappa shape index (κ3) is 2.44. The number of nitrogens with zero attached hydrogens (tertiary/aromatic N) is 1. The van der Waals surface area contributed by atoms with E-state index in [1.165, 1.54) is 6.92 Å². The van der Waals surface area contributed by atoms with Crippen molar-refractivity contribution in [1.82, 2.24) is 4.98 Å². The number of aromatic carboxylic acids is 1. The molecule has 0 unspecified atom stereocenters. The number of ketones is 1. The maximum Gasteiger partial charge on any atom is 0.356 e. The van der Waals surface area contributed by atoms with Crippen LogP contribution in [0.3, 0.4) is 0 Å². The number of carbonyl (C=O) groups excluding carboxylic acids is 1. The number of aromatic nitrogens is 1. The molecular formula is C12H17NO4S. The number of methoxy groups -OCH3 is 1. The van der Waals surface area contributed by atoms with E-state index in [0.29, 0.717) is 17.8 Å². The summed E-state index contributed by atoms with van der Waals surface area (Å²) in [5, 5.41) is 9.62. The quantitative estimate of drug-likeness (QED) is 0.805. The summed E-state index contributed by atoms with van der Waals surface area (Å²) < 4.78 is 5.49. The molecule has 1 rings (SSSR count). The number of carbonyl (C=O) groups is 2. The molecule has 0 radical (unpaired) electrons. The summed E-state index contributed by atoms with van der Waals surface area (Å²) in [6, 6.07) is 0. The second-order valence-corrected chi connectivity index (χ2v) is 4.96. The number of rotatable bonds is 6. The molecule has 1 aromatic rings. The highest BCUT2D eigenvalue weighted by atomic mass is 32.1. The fraction of sp³-hybridized carbons (Fsp3) is 0.583. The van der Waals surface area contributed by atoms with Crippen LogP contribution in [-0.2, 0) is 10.3 Å². The van der Waals surface area contributed by atoms with Gasteiger partial charge in [-0.15, -0.1) is 11.3 Å². The summed E-state index contributed by atoms with van der Waals surface area (Å²) in [5.74, 6) is -1.46. The second-order valence-electron chi connectivity index (χ2n) is 3.96. The smallest absolute Gasteiger partial charge is 0.356 e. The molecule has 1 aromatic heterocycles. The SMILES string of the molecule is CCC(CC)(OC)c1nc(C(=O)O)c(C(C)=O)s1. The van der Waals surface area contributed by atoms with E-state index in [-0.39, 0.29) is 16.4 Å². The van der Waals surface area contributed by atoms with E-state index in [4.69, 9.17) is 9.84 Å². The van der Waals surface area contributed by atoms with Crippen molar-refractivity contribution in [3.8, 4) is 0 Å². The van der Waals surface area contributed by atoms with Crippen LogP contribution in [0.25, 0.3) is 0 Å². The Morgan fingerprint density at radius 1 is 1.39 bits per heavy atom. The van der Waals surface area contributed by atoms with Gasteiger partial charge in [0, 0.05) is 14.0 Å². The van der Waals surface area contributed by atoms with E-state index < -0.39 is 11.6 Å². The van der Waals surface area contributed by atoms with Crippen molar-refractivity contribution in [2.45, 2.75) is 39.2 Å². The van der Waals surface area contributed by atoms with Crippen LogP contribution in [0.1, 0.15) is 58.8 Å². The molecule has 6 heteroatoms. The average Bonchev–Trinajstić information content (AvgIpc) is 2.78. The van der Waals surface area contributed by atoms with Crippen molar-refractivity contribution in [3.63, 3.8) is 0 Å². The van der Waals surface area contributed by atoms with Gasteiger partial charge in [0.05, 0.1) is 0 Å². The Morgan fingerprint density at radius 3 is 2.22 bits per heavy atom. The van der Waals surface area contributed by atoms with E-state index in [2.05, 4.69) is 4.98 Å². The molecule has 0 bridgehead atoms. The van der Waals surface area contributed by atoms with E-state index in [1.54, 1.807) is 7.11 Å². The van der Waals surface area contributed by atoms with Crippen LogP contribution in [0, 0.1) is 0 Å². The van der Waals surface area contributed by atoms with Gasteiger partial charge in [-0.05, 0) is 12.8 Å². The zero-order valence-electron chi connectivity index (χ0n) is 10.9. The number of Topliss-reactive ketones (excluding diaryl/α,β-unsaturated/α-hetero) is 1. The first kappa shape index (κ1) is 14.8. The Morgan fingerprint density at radius 2 is 1.94 bits per heavy atom. The molecule has 0 aliphatic heterocycles. The number of ether oxygens (including phenoxy) is 1. The topological polar surface area (TPSA) is 76.5 Å². The number of carboxylic acids is 1. The summed E-state index contributed by atoms with van der Waals surface area (Å²) >= 11 is 1.11. The van der Waals surface area contributed by atoms with E-state index in [9.17, 15) is 9.59 Å². The summed E-state index contributed by atoms with van der Waals surface area (Å²) in [6.45, 7) is 5.24. The highest BCUT2D eigenvalue weighted by molar-refractivity contribution is 7.14. The molecule has 0 saturated heterocycles. The molecule has 1 heterocycles. The molecule has 0 atom stereocenters. The third-order valence-corrected chi connectivity index (χ3v) is 4.41. The van der Waals surface area contributed by atoms with Crippen molar-refractivity contribution >= 4 is 23.1 Å². The fourth-order valence-electron chi connectivity index (χ4n) is 1.83. The van der Waals surface area contributed by atoms with Gasteiger partial charge in [0.2, 0.25) is 0 Å². The predicted molar refractivity (Wildman–Crippen MR) is 68.3 cm³/mol. The second kappa shape index (κ2) is 5.58. The molecular weight excluding hydrogens is 254 g/mol. The molecule has 0 saturated carbocycles. The van der Waals surface area contributed by atoms with Gasteiger partial charge in [0.25, 0.3) is 0 Å². The number of hydrogen-bond acceptors (Lipinski definition) is 5.